The predicted molar refractivity (Wildman–Crippen MR) is 80.9 cm³/mol. The van der Waals surface area contributed by atoms with Crippen LogP contribution in [0.3, 0.4) is 0 Å². The zero-order chi connectivity index (χ0) is 13.5. The highest BCUT2D eigenvalue weighted by Gasteiger charge is 2.16. The van der Waals surface area contributed by atoms with Crippen LogP contribution in [0.2, 0.25) is 0 Å². The van der Waals surface area contributed by atoms with E-state index in [1.165, 1.54) is 30.4 Å². The van der Waals surface area contributed by atoms with Gasteiger partial charge in [0.15, 0.2) is 0 Å². The standard InChI is InChI=1S/C17H29N/c1-6-7-14(4)17(18-5)16-10-8-15(9-11-16)12-13(2)3/h8-11,13-14,17-18H,6-7,12H2,1-5H3. The zero-order valence-electron chi connectivity index (χ0n) is 12.7. The van der Waals surface area contributed by atoms with Gasteiger partial charge in [0.25, 0.3) is 0 Å². The van der Waals surface area contributed by atoms with E-state index in [2.05, 4.69) is 64.3 Å². The van der Waals surface area contributed by atoms with E-state index in [0.717, 1.165) is 5.92 Å². The van der Waals surface area contributed by atoms with Gasteiger partial charge in [0.05, 0.1) is 0 Å². The van der Waals surface area contributed by atoms with E-state index < -0.39 is 0 Å². The quantitative estimate of drug-likeness (QED) is 0.743. The van der Waals surface area contributed by atoms with Crippen LogP contribution in [0, 0.1) is 11.8 Å². The van der Waals surface area contributed by atoms with Gasteiger partial charge in [0.2, 0.25) is 0 Å². The van der Waals surface area contributed by atoms with Gasteiger partial charge in [0, 0.05) is 6.04 Å². The molecule has 1 aromatic rings. The van der Waals surface area contributed by atoms with Gasteiger partial charge in [0.1, 0.15) is 0 Å². The van der Waals surface area contributed by atoms with Gasteiger partial charge in [-0.3, -0.25) is 0 Å². The van der Waals surface area contributed by atoms with Crippen molar-refractivity contribution in [2.24, 2.45) is 11.8 Å². The molecule has 1 aromatic carbocycles. The van der Waals surface area contributed by atoms with Gasteiger partial charge >= 0.3 is 0 Å². The Morgan fingerprint density at radius 3 is 2.11 bits per heavy atom. The fourth-order valence-electron chi connectivity index (χ4n) is 2.73. The average Bonchev–Trinajstić information content (AvgIpc) is 2.32. The largest absolute Gasteiger partial charge is 0.313 e. The number of rotatable bonds is 7. The molecule has 102 valence electrons. The highest BCUT2D eigenvalue weighted by molar-refractivity contribution is 5.25. The lowest BCUT2D eigenvalue weighted by atomic mass is 9.90. The van der Waals surface area contributed by atoms with Crippen LogP contribution in [-0.4, -0.2) is 7.05 Å². The van der Waals surface area contributed by atoms with Crippen LogP contribution in [0.1, 0.15) is 57.7 Å². The molecule has 0 bridgehead atoms. The molecule has 0 amide bonds. The third-order valence-electron chi connectivity index (χ3n) is 3.61. The van der Waals surface area contributed by atoms with Crippen molar-refractivity contribution in [2.75, 3.05) is 7.05 Å². The van der Waals surface area contributed by atoms with E-state index in [1.54, 1.807) is 0 Å². The lowest BCUT2D eigenvalue weighted by Gasteiger charge is -2.24. The lowest BCUT2D eigenvalue weighted by molar-refractivity contribution is 0.384. The van der Waals surface area contributed by atoms with E-state index in [1.807, 2.05) is 0 Å². The first-order valence-corrected chi connectivity index (χ1v) is 7.34. The fourth-order valence-corrected chi connectivity index (χ4v) is 2.73. The van der Waals surface area contributed by atoms with Crippen molar-refractivity contribution in [1.82, 2.24) is 5.32 Å². The smallest absolute Gasteiger partial charge is 0.0343 e. The lowest BCUT2D eigenvalue weighted by Crippen LogP contribution is -2.23. The van der Waals surface area contributed by atoms with Crippen LogP contribution < -0.4 is 5.32 Å². The molecular formula is C17H29N. The van der Waals surface area contributed by atoms with Crippen LogP contribution in [-0.2, 0) is 6.42 Å². The van der Waals surface area contributed by atoms with E-state index in [-0.39, 0.29) is 0 Å². The van der Waals surface area contributed by atoms with Crippen LogP contribution in [0.15, 0.2) is 24.3 Å². The number of nitrogens with one attached hydrogen (secondary N) is 1. The molecule has 0 saturated heterocycles. The first-order valence-electron chi connectivity index (χ1n) is 7.34. The molecule has 1 nitrogen and oxygen atoms in total. The Balaban J connectivity index is 2.75. The normalized spacial score (nSPS) is 14.8. The minimum absolute atomic E-state index is 0.484. The van der Waals surface area contributed by atoms with E-state index in [9.17, 15) is 0 Å². The Hall–Kier alpha value is -0.820. The molecule has 0 fully saturated rings. The van der Waals surface area contributed by atoms with Crippen LogP contribution in [0.4, 0.5) is 0 Å². The third kappa shape index (κ3) is 4.45. The van der Waals surface area contributed by atoms with Crippen molar-refractivity contribution < 1.29 is 0 Å². The molecule has 0 aliphatic heterocycles. The second-order valence-electron chi connectivity index (χ2n) is 5.87. The Morgan fingerprint density at radius 1 is 1.06 bits per heavy atom. The summed E-state index contributed by atoms with van der Waals surface area (Å²) in [5.41, 5.74) is 2.87. The molecule has 0 spiro atoms. The van der Waals surface area contributed by atoms with E-state index >= 15 is 0 Å². The number of benzene rings is 1. The van der Waals surface area contributed by atoms with Crippen molar-refractivity contribution >= 4 is 0 Å². The maximum atomic E-state index is 3.46. The highest BCUT2D eigenvalue weighted by atomic mass is 14.9. The summed E-state index contributed by atoms with van der Waals surface area (Å²) in [4.78, 5) is 0. The predicted octanol–water partition coefficient (Wildman–Crippen LogP) is 4.58. The van der Waals surface area contributed by atoms with Crippen molar-refractivity contribution in [3.63, 3.8) is 0 Å². The number of hydrogen-bond acceptors (Lipinski definition) is 1. The van der Waals surface area contributed by atoms with Crippen molar-refractivity contribution in [3.05, 3.63) is 35.4 Å². The van der Waals surface area contributed by atoms with Gasteiger partial charge in [-0.15, -0.1) is 0 Å². The van der Waals surface area contributed by atoms with Crippen molar-refractivity contribution in [3.8, 4) is 0 Å². The summed E-state index contributed by atoms with van der Waals surface area (Å²) in [6.45, 7) is 9.14. The molecular weight excluding hydrogens is 218 g/mol. The SMILES string of the molecule is CCCC(C)C(NC)c1ccc(CC(C)C)cc1. The molecule has 2 atom stereocenters. The van der Waals surface area contributed by atoms with E-state index in [4.69, 9.17) is 0 Å². The summed E-state index contributed by atoms with van der Waals surface area (Å²) >= 11 is 0. The maximum absolute atomic E-state index is 3.46. The number of hydrogen-bond donors (Lipinski definition) is 1. The molecule has 1 heteroatoms. The minimum atomic E-state index is 0.484. The minimum Gasteiger partial charge on any atom is -0.313 e. The van der Waals surface area contributed by atoms with Gasteiger partial charge in [-0.25, -0.2) is 0 Å². The van der Waals surface area contributed by atoms with E-state index in [0.29, 0.717) is 12.0 Å². The third-order valence-corrected chi connectivity index (χ3v) is 3.61. The fraction of sp³-hybridized carbons (Fsp3) is 0.647. The average molecular weight is 247 g/mol. The summed E-state index contributed by atoms with van der Waals surface area (Å²) in [5, 5.41) is 3.46. The van der Waals surface area contributed by atoms with Gasteiger partial charge in [-0.1, -0.05) is 58.4 Å². The summed E-state index contributed by atoms with van der Waals surface area (Å²) < 4.78 is 0. The molecule has 0 radical (unpaired) electrons. The summed E-state index contributed by atoms with van der Waals surface area (Å²) in [6, 6.07) is 9.66. The van der Waals surface area contributed by atoms with Gasteiger partial charge in [-0.05, 0) is 42.9 Å². The second kappa shape index (κ2) is 7.58. The summed E-state index contributed by atoms with van der Waals surface area (Å²) in [6.07, 6.45) is 3.71. The van der Waals surface area contributed by atoms with Crippen molar-refractivity contribution in [2.45, 2.75) is 53.0 Å². The van der Waals surface area contributed by atoms with Crippen LogP contribution in [0.5, 0.6) is 0 Å². The molecule has 0 aliphatic carbocycles. The van der Waals surface area contributed by atoms with Crippen molar-refractivity contribution in [1.29, 1.82) is 0 Å². The van der Waals surface area contributed by atoms with Gasteiger partial charge < -0.3 is 5.32 Å². The Bertz CT molecular complexity index is 326. The topological polar surface area (TPSA) is 12.0 Å². The Labute approximate surface area is 113 Å². The molecule has 18 heavy (non-hydrogen) atoms. The van der Waals surface area contributed by atoms with Gasteiger partial charge in [-0.2, -0.15) is 0 Å². The monoisotopic (exact) mass is 247 g/mol. The molecule has 2 unspecified atom stereocenters. The first kappa shape index (κ1) is 15.2. The molecule has 0 saturated carbocycles. The molecule has 1 rings (SSSR count). The summed E-state index contributed by atoms with van der Waals surface area (Å²) in [7, 11) is 2.07. The first-order chi connectivity index (χ1) is 8.58. The second-order valence-corrected chi connectivity index (χ2v) is 5.87. The Kier molecular flexibility index (Phi) is 6.42. The highest BCUT2D eigenvalue weighted by Crippen LogP contribution is 2.25. The van der Waals surface area contributed by atoms with Crippen LogP contribution in [0.25, 0.3) is 0 Å². The zero-order valence-corrected chi connectivity index (χ0v) is 12.7. The summed E-state index contributed by atoms with van der Waals surface area (Å²) in [5.74, 6) is 1.42. The molecule has 1 N–H and O–H groups in total. The molecule has 0 aromatic heterocycles. The Morgan fingerprint density at radius 2 is 1.67 bits per heavy atom. The molecule has 0 heterocycles. The molecule has 0 aliphatic rings. The maximum Gasteiger partial charge on any atom is 0.0343 e. The van der Waals surface area contributed by atoms with Crippen LogP contribution >= 0.6 is 0 Å².